The molecule has 0 atom stereocenters. The van der Waals surface area contributed by atoms with Gasteiger partial charge in [0.05, 0.1) is 0 Å². The van der Waals surface area contributed by atoms with Crippen molar-refractivity contribution in [3.8, 4) is 0 Å². The maximum Gasteiger partial charge on any atom is 0.124 e. The molecule has 140 valence electrons. The minimum Gasteiger partial charge on any atom is -0.361 e. The number of unbranched alkanes of at least 4 members (excludes halogenated alkanes) is 1. The lowest BCUT2D eigenvalue weighted by Gasteiger charge is -2.26. The Morgan fingerprint density at radius 2 is 1.96 bits per heavy atom. The van der Waals surface area contributed by atoms with Gasteiger partial charge in [0, 0.05) is 30.2 Å². The van der Waals surface area contributed by atoms with Gasteiger partial charge in [0.2, 0.25) is 0 Å². The highest BCUT2D eigenvalue weighted by Crippen LogP contribution is 2.25. The third-order valence-corrected chi connectivity index (χ3v) is 5.65. The van der Waals surface area contributed by atoms with Crippen LogP contribution in [0.4, 0.5) is 4.39 Å². The van der Waals surface area contributed by atoms with Crippen LogP contribution in [0.3, 0.4) is 0 Å². The fourth-order valence-electron chi connectivity index (χ4n) is 4.11. The smallest absolute Gasteiger partial charge is 0.124 e. The average Bonchev–Trinajstić information content (AvgIpc) is 3.09. The number of hydrogen-bond donors (Lipinski definition) is 1. The topological polar surface area (TPSA) is 19.0 Å². The molecular weight excluding hydrogens is 335 g/mol. The summed E-state index contributed by atoms with van der Waals surface area (Å²) in [6.45, 7) is 5.27. The van der Waals surface area contributed by atoms with E-state index in [4.69, 9.17) is 0 Å². The zero-order valence-corrected chi connectivity index (χ0v) is 16.0. The summed E-state index contributed by atoms with van der Waals surface area (Å²) in [5.41, 5.74) is 6.12. The van der Waals surface area contributed by atoms with Crippen LogP contribution in [0.2, 0.25) is 0 Å². The zero-order valence-electron chi connectivity index (χ0n) is 16.0. The summed E-state index contributed by atoms with van der Waals surface area (Å²) in [7, 11) is 0. The molecule has 0 spiro atoms. The van der Waals surface area contributed by atoms with Crippen molar-refractivity contribution in [1.82, 2.24) is 9.88 Å². The van der Waals surface area contributed by atoms with E-state index >= 15 is 0 Å². The first-order valence-electron chi connectivity index (χ1n) is 9.93. The predicted octanol–water partition coefficient (Wildman–Crippen LogP) is 5.73. The van der Waals surface area contributed by atoms with Crippen molar-refractivity contribution in [2.45, 2.75) is 32.6 Å². The Labute approximate surface area is 160 Å². The standard InChI is InChI=1S/C24H27FN2/c1-18-15-22(25)16-23-21(17-26-24(18)23)9-5-6-12-27-13-10-20(11-14-27)19-7-3-2-4-8-19/h2-4,7-8,10,15-17,26H,5-6,9,11-14H2,1H3. The molecule has 0 aliphatic carbocycles. The summed E-state index contributed by atoms with van der Waals surface area (Å²) in [6.07, 6.45) is 8.87. The fourth-order valence-corrected chi connectivity index (χ4v) is 4.11. The molecule has 3 aromatic rings. The van der Waals surface area contributed by atoms with Crippen molar-refractivity contribution in [2.24, 2.45) is 0 Å². The summed E-state index contributed by atoms with van der Waals surface area (Å²) in [4.78, 5) is 5.84. The quantitative estimate of drug-likeness (QED) is 0.555. The Kier molecular flexibility index (Phi) is 5.40. The van der Waals surface area contributed by atoms with Crippen molar-refractivity contribution < 1.29 is 4.39 Å². The molecule has 0 saturated heterocycles. The van der Waals surface area contributed by atoms with Crippen LogP contribution >= 0.6 is 0 Å². The van der Waals surface area contributed by atoms with Gasteiger partial charge in [-0.1, -0.05) is 36.4 Å². The van der Waals surface area contributed by atoms with Gasteiger partial charge < -0.3 is 4.98 Å². The molecule has 0 fully saturated rings. The average molecular weight is 362 g/mol. The van der Waals surface area contributed by atoms with E-state index in [9.17, 15) is 4.39 Å². The van der Waals surface area contributed by atoms with Crippen molar-refractivity contribution in [1.29, 1.82) is 0 Å². The van der Waals surface area contributed by atoms with Crippen LogP contribution in [-0.4, -0.2) is 29.5 Å². The molecule has 0 amide bonds. The van der Waals surface area contributed by atoms with Gasteiger partial charge in [-0.05, 0) is 73.5 Å². The lowest BCUT2D eigenvalue weighted by atomic mass is 9.99. The van der Waals surface area contributed by atoms with E-state index < -0.39 is 0 Å². The molecule has 0 bridgehead atoms. The summed E-state index contributed by atoms with van der Waals surface area (Å²) in [6, 6.07) is 14.0. The molecule has 1 aliphatic rings. The normalized spacial score (nSPS) is 15.3. The number of nitrogens with zero attached hydrogens (tertiary/aromatic N) is 1. The number of benzene rings is 2. The lowest BCUT2D eigenvalue weighted by molar-refractivity contribution is 0.295. The van der Waals surface area contributed by atoms with E-state index in [1.165, 1.54) is 23.1 Å². The Balaban J connectivity index is 1.27. The number of aromatic amines is 1. The molecule has 1 N–H and O–H groups in total. The molecule has 2 nitrogen and oxygen atoms in total. The lowest BCUT2D eigenvalue weighted by Crippen LogP contribution is -2.29. The van der Waals surface area contributed by atoms with E-state index in [1.807, 2.05) is 13.1 Å². The fraction of sp³-hybridized carbons (Fsp3) is 0.333. The van der Waals surface area contributed by atoms with Crippen molar-refractivity contribution in [2.75, 3.05) is 19.6 Å². The van der Waals surface area contributed by atoms with Crippen molar-refractivity contribution in [3.63, 3.8) is 0 Å². The summed E-state index contributed by atoms with van der Waals surface area (Å²) >= 11 is 0. The molecule has 0 saturated carbocycles. The summed E-state index contributed by atoms with van der Waals surface area (Å²) < 4.78 is 13.7. The molecule has 2 aromatic carbocycles. The van der Waals surface area contributed by atoms with Crippen molar-refractivity contribution >= 4 is 16.5 Å². The van der Waals surface area contributed by atoms with Gasteiger partial charge in [-0.25, -0.2) is 4.39 Å². The van der Waals surface area contributed by atoms with Gasteiger partial charge in [0.25, 0.3) is 0 Å². The molecule has 1 aliphatic heterocycles. The highest BCUT2D eigenvalue weighted by Gasteiger charge is 2.13. The first-order valence-corrected chi connectivity index (χ1v) is 9.93. The maximum absolute atomic E-state index is 13.7. The third kappa shape index (κ3) is 4.14. The van der Waals surface area contributed by atoms with Crippen LogP contribution in [-0.2, 0) is 6.42 Å². The summed E-state index contributed by atoms with van der Waals surface area (Å²) in [5, 5.41) is 1.04. The van der Waals surface area contributed by atoms with E-state index in [1.54, 1.807) is 12.1 Å². The number of H-pyrrole nitrogens is 1. The molecule has 2 heterocycles. The van der Waals surface area contributed by atoms with Gasteiger partial charge in [0.15, 0.2) is 0 Å². The highest BCUT2D eigenvalue weighted by molar-refractivity contribution is 5.86. The number of aromatic nitrogens is 1. The Morgan fingerprint density at radius 1 is 1.11 bits per heavy atom. The van der Waals surface area contributed by atoms with Crippen LogP contribution < -0.4 is 0 Å². The SMILES string of the molecule is Cc1cc(F)cc2c(CCCCN3CC=C(c4ccccc4)CC3)c[nH]c12. The number of hydrogen-bond acceptors (Lipinski definition) is 1. The molecule has 27 heavy (non-hydrogen) atoms. The van der Waals surface area contributed by atoms with Crippen LogP contribution in [0.25, 0.3) is 16.5 Å². The van der Waals surface area contributed by atoms with Gasteiger partial charge in [-0.15, -0.1) is 0 Å². The van der Waals surface area contributed by atoms with Gasteiger partial charge in [0.1, 0.15) is 5.82 Å². The minimum absolute atomic E-state index is 0.143. The highest BCUT2D eigenvalue weighted by atomic mass is 19.1. The monoisotopic (exact) mass is 362 g/mol. The van der Waals surface area contributed by atoms with Crippen molar-refractivity contribution in [3.05, 3.63) is 77.2 Å². The number of nitrogens with one attached hydrogen (secondary N) is 1. The molecular formula is C24H27FN2. The van der Waals surface area contributed by atoms with E-state index in [-0.39, 0.29) is 5.82 Å². The Morgan fingerprint density at radius 3 is 2.74 bits per heavy atom. The minimum atomic E-state index is -0.143. The maximum atomic E-state index is 13.7. The van der Waals surface area contributed by atoms with E-state index in [0.29, 0.717) is 0 Å². The van der Waals surface area contributed by atoms with Crippen LogP contribution in [0, 0.1) is 12.7 Å². The van der Waals surface area contributed by atoms with E-state index in [2.05, 4.69) is 46.3 Å². The first kappa shape index (κ1) is 18.0. The molecule has 3 heteroatoms. The number of fused-ring (bicyclic) bond motifs is 1. The Bertz CT molecular complexity index is 940. The summed E-state index contributed by atoms with van der Waals surface area (Å²) in [5.74, 6) is -0.143. The number of aryl methyl sites for hydroxylation is 2. The zero-order chi connectivity index (χ0) is 18.6. The molecule has 1 aromatic heterocycles. The van der Waals surface area contributed by atoms with Crippen LogP contribution in [0.1, 0.15) is 36.0 Å². The van der Waals surface area contributed by atoms with E-state index in [0.717, 1.165) is 55.4 Å². The second-order valence-corrected chi connectivity index (χ2v) is 7.56. The predicted molar refractivity (Wildman–Crippen MR) is 111 cm³/mol. The van der Waals surface area contributed by atoms with Gasteiger partial charge in [-0.2, -0.15) is 0 Å². The van der Waals surface area contributed by atoms with Gasteiger partial charge in [-0.3, -0.25) is 4.90 Å². The first-order chi connectivity index (χ1) is 13.2. The second-order valence-electron chi connectivity index (χ2n) is 7.56. The molecule has 0 radical (unpaired) electrons. The third-order valence-electron chi connectivity index (χ3n) is 5.65. The van der Waals surface area contributed by atoms with Crippen LogP contribution in [0.15, 0.2) is 54.7 Å². The molecule has 4 rings (SSSR count). The largest absolute Gasteiger partial charge is 0.361 e. The number of halogens is 1. The van der Waals surface area contributed by atoms with Crippen LogP contribution in [0.5, 0.6) is 0 Å². The molecule has 0 unspecified atom stereocenters. The second kappa shape index (κ2) is 8.10. The Hall–Kier alpha value is -2.39. The van der Waals surface area contributed by atoms with Gasteiger partial charge >= 0.3 is 0 Å². The number of rotatable bonds is 6.